The molecule has 0 bridgehead atoms. The van der Waals surface area contributed by atoms with Gasteiger partial charge in [-0.1, -0.05) is 173 Å². The van der Waals surface area contributed by atoms with Crippen LogP contribution in [0.2, 0.25) is 0 Å². The molecule has 0 fully saturated rings. The second-order valence-electron chi connectivity index (χ2n) is 19.9. The highest BCUT2D eigenvalue weighted by atomic mass is 35.5. The SMILES string of the molecule is CCCC/C=C\CCCCCCCCOC(=O)CCOCC(COCCC(=O)OCCCCCCCC/C=C\CCCC)(COCCC(=O)OCCCCCCCC/C=C\CCCC)[N+](C)(C)C.[Cl-]. The van der Waals surface area contributed by atoms with E-state index in [0.29, 0.717) is 24.3 Å². The predicted octanol–water partition coefficient (Wildman–Crippen LogP) is 11.7. The van der Waals surface area contributed by atoms with E-state index in [1.165, 1.54) is 135 Å². The summed E-state index contributed by atoms with van der Waals surface area (Å²) in [4.78, 5) is 37.7. The van der Waals surface area contributed by atoms with Crippen molar-refractivity contribution < 1.29 is 59.7 Å². The number of quaternary nitrogens is 1. The van der Waals surface area contributed by atoms with Crippen molar-refractivity contribution in [1.29, 1.82) is 0 Å². The number of unbranched alkanes of at least 4 members (excludes halogenated alkanes) is 24. The van der Waals surface area contributed by atoms with Gasteiger partial charge in [0.1, 0.15) is 19.8 Å². The second kappa shape index (κ2) is 52.1. The van der Waals surface area contributed by atoms with Crippen LogP contribution in [0.25, 0.3) is 0 Å². The van der Waals surface area contributed by atoms with Crippen molar-refractivity contribution >= 4 is 17.9 Å². The molecule has 0 atom stereocenters. The number of allylic oxidation sites excluding steroid dienone is 6. The number of halogens is 1. The van der Waals surface area contributed by atoms with Gasteiger partial charge in [-0.05, 0) is 77.0 Å². The van der Waals surface area contributed by atoms with Crippen LogP contribution in [0.5, 0.6) is 0 Å². The van der Waals surface area contributed by atoms with Crippen LogP contribution in [-0.4, -0.2) is 109 Å². The lowest BCUT2D eigenvalue weighted by Crippen LogP contribution is -3.00. The zero-order valence-corrected chi connectivity index (χ0v) is 46.4. The molecular formula is C58H108ClNO9. The van der Waals surface area contributed by atoms with Crippen LogP contribution in [0.1, 0.15) is 233 Å². The molecule has 0 saturated carbocycles. The van der Waals surface area contributed by atoms with E-state index in [-0.39, 0.29) is 89.2 Å². The average molecular weight is 999 g/mol. The van der Waals surface area contributed by atoms with Crippen LogP contribution in [0.3, 0.4) is 0 Å². The number of esters is 3. The molecule has 0 aromatic rings. The van der Waals surface area contributed by atoms with Crippen LogP contribution < -0.4 is 12.4 Å². The highest BCUT2D eigenvalue weighted by Crippen LogP contribution is 2.23. The van der Waals surface area contributed by atoms with E-state index in [4.69, 9.17) is 28.4 Å². The van der Waals surface area contributed by atoms with E-state index in [2.05, 4.69) is 78.4 Å². The molecule has 0 aliphatic carbocycles. The number of carbonyl (C=O) groups excluding carboxylic acids is 3. The Hall–Kier alpha value is -2.24. The van der Waals surface area contributed by atoms with Crippen molar-refractivity contribution in [3.63, 3.8) is 0 Å². The number of nitrogens with zero attached hydrogens (tertiary/aromatic N) is 1. The molecule has 406 valence electrons. The Morgan fingerprint density at radius 2 is 0.580 bits per heavy atom. The second-order valence-corrected chi connectivity index (χ2v) is 19.9. The third-order valence-corrected chi connectivity index (χ3v) is 12.6. The Kier molecular flexibility index (Phi) is 52.0. The van der Waals surface area contributed by atoms with Crippen molar-refractivity contribution in [3.05, 3.63) is 36.5 Å². The topological polar surface area (TPSA) is 107 Å². The zero-order chi connectivity index (χ0) is 49.9. The molecule has 0 spiro atoms. The normalized spacial score (nSPS) is 12.1. The van der Waals surface area contributed by atoms with E-state index in [0.717, 1.165) is 57.8 Å². The van der Waals surface area contributed by atoms with Gasteiger partial charge in [-0.25, -0.2) is 0 Å². The largest absolute Gasteiger partial charge is 1.00 e. The van der Waals surface area contributed by atoms with Crippen LogP contribution >= 0.6 is 0 Å². The lowest BCUT2D eigenvalue weighted by atomic mass is 9.99. The fraction of sp³-hybridized carbons (Fsp3) is 0.845. The van der Waals surface area contributed by atoms with Gasteiger partial charge in [0.25, 0.3) is 0 Å². The Balaban J connectivity index is 0. The molecule has 0 aromatic carbocycles. The number of likely N-dealkylation sites (N-methyl/N-ethyl adjacent to an activating group) is 1. The molecule has 0 unspecified atom stereocenters. The summed E-state index contributed by atoms with van der Waals surface area (Å²) in [5.74, 6) is -0.785. The highest BCUT2D eigenvalue weighted by molar-refractivity contribution is 5.70. The quantitative estimate of drug-likeness (QED) is 0.0194. The third kappa shape index (κ3) is 46.6. The zero-order valence-electron chi connectivity index (χ0n) is 45.7. The molecule has 0 amide bonds. The minimum absolute atomic E-state index is 0. The van der Waals surface area contributed by atoms with Gasteiger partial charge in [0, 0.05) is 0 Å². The third-order valence-electron chi connectivity index (χ3n) is 12.6. The summed E-state index contributed by atoms with van der Waals surface area (Å²) >= 11 is 0. The highest BCUT2D eigenvalue weighted by Gasteiger charge is 2.44. The summed E-state index contributed by atoms with van der Waals surface area (Å²) in [7, 11) is 6.15. The van der Waals surface area contributed by atoms with Crippen LogP contribution in [0.15, 0.2) is 36.5 Å². The Labute approximate surface area is 431 Å². The molecule has 0 rings (SSSR count). The Morgan fingerprint density at radius 3 is 0.826 bits per heavy atom. The van der Waals surface area contributed by atoms with Gasteiger partial charge in [-0.3, -0.25) is 14.4 Å². The van der Waals surface area contributed by atoms with E-state index in [1.54, 1.807) is 0 Å². The minimum atomic E-state index is -0.681. The first kappa shape index (κ1) is 68.8. The monoisotopic (exact) mass is 998 g/mol. The number of hydrogen-bond donors (Lipinski definition) is 0. The maximum Gasteiger partial charge on any atom is 0.308 e. The van der Waals surface area contributed by atoms with Gasteiger partial charge in [0.15, 0.2) is 5.54 Å². The molecular weight excluding hydrogens is 890 g/mol. The minimum Gasteiger partial charge on any atom is -1.00 e. The summed E-state index contributed by atoms with van der Waals surface area (Å²) < 4.78 is 35.5. The fourth-order valence-electron chi connectivity index (χ4n) is 7.62. The molecule has 0 heterocycles. The molecule has 11 heteroatoms. The molecule has 0 N–H and O–H groups in total. The Morgan fingerprint density at radius 1 is 0.348 bits per heavy atom. The van der Waals surface area contributed by atoms with Crippen molar-refractivity contribution in [2.24, 2.45) is 0 Å². The predicted molar refractivity (Wildman–Crippen MR) is 283 cm³/mol. The summed E-state index contributed by atoms with van der Waals surface area (Å²) in [5, 5.41) is 0. The summed E-state index contributed by atoms with van der Waals surface area (Å²) in [6.45, 7) is 9.35. The van der Waals surface area contributed by atoms with Gasteiger partial charge in [0.2, 0.25) is 0 Å². The molecule has 0 aromatic heterocycles. The van der Waals surface area contributed by atoms with E-state index < -0.39 is 5.54 Å². The number of carbonyl (C=O) groups is 3. The number of rotatable bonds is 52. The van der Waals surface area contributed by atoms with Crippen molar-refractivity contribution in [2.75, 3.05) is 80.6 Å². The summed E-state index contributed by atoms with van der Waals surface area (Å²) in [6.07, 6.45) is 49.5. The molecule has 69 heavy (non-hydrogen) atoms. The van der Waals surface area contributed by atoms with Crippen LogP contribution in [-0.2, 0) is 42.8 Å². The van der Waals surface area contributed by atoms with Gasteiger partial charge < -0.3 is 45.3 Å². The molecule has 0 aliphatic heterocycles. The maximum absolute atomic E-state index is 12.6. The molecule has 0 aliphatic rings. The smallest absolute Gasteiger partial charge is 0.308 e. The molecule has 0 radical (unpaired) electrons. The first-order chi connectivity index (χ1) is 33.1. The van der Waals surface area contributed by atoms with Crippen LogP contribution in [0, 0.1) is 0 Å². The summed E-state index contributed by atoms with van der Waals surface area (Å²) in [5.41, 5.74) is -0.681. The molecule has 10 nitrogen and oxygen atoms in total. The lowest BCUT2D eigenvalue weighted by Gasteiger charge is -2.45. The number of ether oxygens (including phenoxy) is 6. The fourth-order valence-corrected chi connectivity index (χ4v) is 7.62. The van der Waals surface area contributed by atoms with Gasteiger partial charge in [-0.2, -0.15) is 0 Å². The van der Waals surface area contributed by atoms with Crippen molar-refractivity contribution in [1.82, 2.24) is 0 Å². The summed E-state index contributed by atoms with van der Waals surface area (Å²) in [6, 6.07) is 0. The van der Waals surface area contributed by atoms with Gasteiger partial charge >= 0.3 is 17.9 Å². The average Bonchev–Trinajstić information content (AvgIpc) is 3.31. The maximum atomic E-state index is 12.6. The van der Waals surface area contributed by atoms with Crippen LogP contribution in [0.4, 0.5) is 0 Å². The Bertz CT molecular complexity index is 1100. The van der Waals surface area contributed by atoms with E-state index in [9.17, 15) is 14.4 Å². The standard InChI is InChI=1S/C58H108NO9.ClH/c1-7-10-13-16-19-22-25-28-31-34-37-40-46-66-55(60)43-49-63-52-58(59(4,5)6,53-64-50-44-56(61)67-47-41-38-35-32-29-26-23-20-17-14-11-8-2)54-65-51-45-57(62)68-48-42-39-36-33-30-27-24-21-18-15-12-9-3;/h16-21H,7-15,22-54H2,1-6H3;1H/q+1;/p-1/b19-16-,20-17-,21-18-;. The van der Waals surface area contributed by atoms with Gasteiger partial charge in [-0.15, -0.1) is 0 Å². The van der Waals surface area contributed by atoms with Crippen molar-refractivity contribution in [3.8, 4) is 0 Å². The van der Waals surface area contributed by atoms with Crippen molar-refractivity contribution in [2.45, 2.75) is 238 Å². The van der Waals surface area contributed by atoms with E-state index >= 15 is 0 Å². The first-order valence-electron chi connectivity index (χ1n) is 28.1. The first-order valence-corrected chi connectivity index (χ1v) is 28.1. The molecule has 0 saturated heterocycles. The van der Waals surface area contributed by atoms with Gasteiger partial charge in [0.05, 0.1) is 80.0 Å². The lowest BCUT2D eigenvalue weighted by molar-refractivity contribution is -0.926. The van der Waals surface area contributed by atoms with E-state index in [1.807, 2.05) is 0 Å². The number of hydrogen-bond acceptors (Lipinski definition) is 9.